The first kappa shape index (κ1) is 19.5. The summed E-state index contributed by atoms with van der Waals surface area (Å²) < 4.78 is 4.74. The molecule has 1 aromatic carbocycles. The molecule has 8 heteroatoms. The lowest BCUT2D eigenvalue weighted by Crippen LogP contribution is -2.28. The van der Waals surface area contributed by atoms with E-state index in [-0.39, 0.29) is 5.70 Å². The molecule has 7 nitrogen and oxygen atoms in total. The van der Waals surface area contributed by atoms with Crippen molar-refractivity contribution in [3.63, 3.8) is 0 Å². The number of esters is 1. The number of nitrogens with zero attached hydrogens (tertiary/aromatic N) is 2. The quantitative estimate of drug-likeness (QED) is 0.612. The fourth-order valence-corrected chi connectivity index (χ4v) is 2.53. The van der Waals surface area contributed by atoms with E-state index in [4.69, 9.17) is 4.74 Å². The van der Waals surface area contributed by atoms with Crippen molar-refractivity contribution in [1.82, 2.24) is 10.7 Å². The van der Waals surface area contributed by atoms with Crippen LogP contribution in [0.25, 0.3) is 0 Å². The first-order valence-corrected chi connectivity index (χ1v) is 8.92. The normalized spacial score (nSPS) is 15.7. The summed E-state index contributed by atoms with van der Waals surface area (Å²) in [5, 5.41) is 7.42. The number of amides is 1. The number of carbonyl (C=O) groups is 2. The van der Waals surface area contributed by atoms with Crippen LogP contribution in [-0.2, 0) is 9.53 Å². The van der Waals surface area contributed by atoms with Crippen LogP contribution in [-0.4, -0.2) is 35.6 Å². The summed E-state index contributed by atoms with van der Waals surface area (Å²) in [7, 11) is 1.25. The van der Waals surface area contributed by atoms with Crippen LogP contribution in [0.1, 0.15) is 24.2 Å². The van der Waals surface area contributed by atoms with Crippen molar-refractivity contribution in [2.75, 3.05) is 12.9 Å². The first-order valence-electron chi connectivity index (χ1n) is 7.94. The van der Waals surface area contributed by atoms with Crippen LogP contribution >= 0.6 is 11.8 Å². The number of carbonyl (C=O) groups excluding carboxylic acids is 2. The van der Waals surface area contributed by atoms with Crippen molar-refractivity contribution in [2.45, 2.75) is 13.8 Å². The molecule has 0 atom stereocenters. The maximum atomic E-state index is 12.3. The van der Waals surface area contributed by atoms with Gasteiger partial charge in [-0.2, -0.15) is 5.10 Å². The minimum absolute atomic E-state index is 0.0140. The Morgan fingerprint density at radius 2 is 2.04 bits per heavy atom. The number of thioether (sulfide) groups is 1. The Bertz CT molecular complexity index is 798. The second kappa shape index (κ2) is 9.57. The number of methoxy groups -OCH3 is 1. The van der Waals surface area contributed by atoms with Gasteiger partial charge in [-0.05, 0) is 37.0 Å². The minimum atomic E-state index is -0.651. The molecule has 1 heterocycles. The molecule has 0 saturated carbocycles. The summed E-state index contributed by atoms with van der Waals surface area (Å²) in [6, 6.07) is 8.61. The van der Waals surface area contributed by atoms with Crippen LogP contribution in [0.5, 0.6) is 0 Å². The van der Waals surface area contributed by atoms with E-state index in [2.05, 4.69) is 20.8 Å². The second-order valence-corrected chi connectivity index (χ2v) is 6.36. The lowest BCUT2D eigenvalue weighted by Gasteiger charge is -2.12. The summed E-state index contributed by atoms with van der Waals surface area (Å²) in [5.41, 5.74) is 4.57. The molecule has 0 spiro atoms. The Hall–Kier alpha value is -2.87. The van der Waals surface area contributed by atoms with Crippen molar-refractivity contribution in [3.8, 4) is 0 Å². The molecular formula is C18H20N4O3S. The molecule has 0 radical (unpaired) electrons. The number of rotatable bonds is 5. The monoisotopic (exact) mass is 372 g/mol. The van der Waals surface area contributed by atoms with Gasteiger partial charge >= 0.3 is 5.97 Å². The molecule has 1 aliphatic rings. The van der Waals surface area contributed by atoms with E-state index in [1.165, 1.54) is 24.9 Å². The molecular weight excluding hydrogens is 352 g/mol. The fourth-order valence-electron chi connectivity index (χ4n) is 1.98. The summed E-state index contributed by atoms with van der Waals surface area (Å²) in [4.78, 5) is 28.7. The topological polar surface area (TPSA) is 92.2 Å². The zero-order valence-electron chi connectivity index (χ0n) is 14.8. The van der Waals surface area contributed by atoms with Gasteiger partial charge in [-0.1, -0.05) is 36.9 Å². The highest BCUT2D eigenvalue weighted by atomic mass is 32.2. The van der Waals surface area contributed by atoms with E-state index in [1.54, 1.807) is 43.3 Å². The minimum Gasteiger partial charge on any atom is -0.464 e. The Balaban J connectivity index is 2.25. The third-order valence-corrected chi connectivity index (χ3v) is 4.04. The van der Waals surface area contributed by atoms with Gasteiger partial charge in [0.25, 0.3) is 5.91 Å². The van der Waals surface area contributed by atoms with E-state index in [0.717, 1.165) is 5.75 Å². The third-order valence-electron chi connectivity index (χ3n) is 3.29. The van der Waals surface area contributed by atoms with Crippen LogP contribution in [0.15, 0.2) is 64.0 Å². The summed E-state index contributed by atoms with van der Waals surface area (Å²) in [6.45, 7) is 3.81. The molecule has 26 heavy (non-hydrogen) atoms. The van der Waals surface area contributed by atoms with Gasteiger partial charge in [0, 0.05) is 5.56 Å². The van der Waals surface area contributed by atoms with E-state index < -0.39 is 11.9 Å². The highest BCUT2D eigenvalue weighted by molar-refractivity contribution is 8.13. The summed E-state index contributed by atoms with van der Waals surface area (Å²) >= 11 is 1.52. The Morgan fingerprint density at radius 1 is 1.31 bits per heavy atom. The maximum Gasteiger partial charge on any atom is 0.354 e. The Morgan fingerprint density at radius 3 is 2.69 bits per heavy atom. The van der Waals surface area contributed by atoms with Gasteiger partial charge < -0.3 is 10.1 Å². The van der Waals surface area contributed by atoms with Crippen LogP contribution in [0.4, 0.5) is 0 Å². The number of benzene rings is 1. The lowest BCUT2D eigenvalue weighted by atomic mass is 10.2. The predicted molar refractivity (Wildman–Crippen MR) is 104 cm³/mol. The summed E-state index contributed by atoms with van der Waals surface area (Å²) in [5.74, 6) is -0.201. The second-order valence-electron chi connectivity index (χ2n) is 5.10. The van der Waals surface area contributed by atoms with Gasteiger partial charge in [0.2, 0.25) is 0 Å². The SMILES string of the molecule is CCSC1=N/C(=C\C=C(/NC(=O)c2ccccc2)C(=O)OC)C(C)=NN1. The van der Waals surface area contributed by atoms with E-state index in [0.29, 0.717) is 22.1 Å². The molecule has 0 unspecified atom stereocenters. The van der Waals surface area contributed by atoms with Crippen molar-refractivity contribution in [1.29, 1.82) is 0 Å². The van der Waals surface area contributed by atoms with Crippen LogP contribution in [0, 0.1) is 0 Å². The molecule has 1 amide bonds. The van der Waals surface area contributed by atoms with E-state index >= 15 is 0 Å². The molecule has 0 aromatic heterocycles. The fraction of sp³-hybridized carbons (Fsp3) is 0.222. The molecule has 0 bridgehead atoms. The number of amidine groups is 1. The molecule has 1 aromatic rings. The average Bonchev–Trinajstić information content (AvgIpc) is 2.67. The highest BCUT2D eigenvalue weighted by Crippen LogP contribution is 2.12. The molecule has 0 fully saturated rings. The Labute approximate surface area is 156 Å². The largest absolute Gasteiger partial charge is 0.464 e. The lowest BCUT2D eigenvalue weighted by molar-refractivity contribution is -0.136. The van der Waals surface area contributed by atoms with Crippen LogP contribution < -0.4 is 10.7 Å². The average molecular weight is 372 g/mol. The van der Waals surface area contributed by atoms with Gasteiger partial charge in [0.15, 0.2) is 5.17 Å². The number of hydrogen-bond acceptors (Lipinski definition) is 7. The number of aliphatic imine (C=N–C) groups is 1. The first-order chi connectivity index (χ1) is 12.5. The van der Waals surface area contributed by atoms with Crippen molar-refractivity contribution < 1.29 is 14.3 Å². The van der Waals surface area contributed by atoms with Crippen LogP contribution in [0.2, 0.25) is 0 Å². The standard InChI is InChI=1S/C18H20N4O3S/c1-4-26-18-20-14(12(2)21-22-18)10-11-15(17(24)25-3)19-16(23)13-8-6-5-7-9-13/h5-11H,4H2,1-3H3,(H,19,23)(H,20,22)/b14-10-,15-11-. The Kier molecular flexibility index (Phi) is 7.16. The summed E-state index contributed by atoms with van der Waals surface area (Å²) in [6.07, 6.45) is 3.08. The van der Waals surface area contributed by atoms with E-state index in [9.17, 15) is 9.59 Å². The van der Waals surface area contributed by atoms with Gasteiger partial charge in [0.1, 0.15) is 5.70 Å². The number of nitrogens with one attached hydrogen (secondary N) is 2. The molecule has 0 aliphatic carbocycles. The van der Waals surface area contributed by atoms with Crippen molar-refractivity contribution >= 4 is 34.5 Å². The van der Waals surface area contributed by atoms with Gasteiger partial charge in [-0.15, -0.1) is 0 Å². The zero-order valence-corrected chi connectivity index (χ0v) is 15.6. The molecule has 1 aliphatic heterocycles. The van der Waals surface area contributed by atoms with Gasteiger partial charge in [-0.25, -0.2) is 9.79 Å². The maximum absolute atomic E-state index is 12.3. The number of allylic oxidation sites excluding steroid dienone is 3. The smallest absolute Gasteiger partial charge is 0.354 e. The van der Waals surface area contributed by atoms with Crippen molar-refractivity contribution in [3.05, 3.63) is 59.4 Å². The number of ether oxygens (including phenoxy) is 1. The highest BCUT2D eigenvalue weighted by Gasteiger charge is 2.15. The molecule has 136 valence electrons. The molecule has 2 rings (SSSR count). The number of hydrogen-bond donors (Lipinski definition) is 2. The molecule has 0 saturated heterocycles. The molecule has 2 N–H and O–H groups in total. The number of hydrazone groups is 1. The zero-order chi connectivity index (χ0) is 18.9. The van der Waals surface area contributed by atoms with Crippen molar-refractivity contribution in [2.24, 2.45) is 10.1 Å². The third kappa shape index (κ3) is 5.32. The van der Waals surface area contributed by atoms with Crippen LogP contribution in [0.3, 0.4) is 0 Å². The van der Waals surface area contributed by atoms with E-state index in [1.807, 2.05) is 6.92 Å². The van der Waals surface area contributed by atoms with Gasteiger partial charge in [0.05, 0.1) is 18.5 Å². The van der Waals surface area contributed by atoms with Gasteiger partial charge in [-0.3, -0.25) is 10.2 Å². The predicted octanol–water partition coefficient (Wildman–Crippen LogP) is 2.45.